The number of carbonyl (C=O) groups is 1. The molecular formula is C22H26O4. The number of benzene rings is 1. The summed E-state index contributed by atoms with van der Waals surface area (Å²) in [5.41, 5.74) is 3.68. The van der Waals surface area contributed by atoms with E-state index in [-0.39, 0.29) is 23.2 Å². The van der Waals surface area contributed by atoms with Gasteiger partial charge in [-0.25, -0.2) is 0 Å². The third-order valence-electron chi connectivity index (χ3n) is 6.97. The highest BCUT2D eigenvalue weighted by Crippen LogP contribution is 2.60. The Morgan fingerprint density at radius 1 is 1.19 bits per heavy atom. The van der Waals surface area contributed by atoms with E-state index in [0.717, 1.165) is 25.0 Å². The monoisotopic (exact) mass is 354 g/mol. The number of fused-ring (bicyclic) bond motifs is 7. The predicted octanol–water partition coefficient (Wildman–Crippen LogP) is 3.77. The summed E-state index contributed by atoms with van der Waals surface area (Å²) >= 11 is 0. The van der Waals surface area contributed by atoms with Crippen LogP contribution in [0.3, 0.4) is 0 Å². The molecule has 1 aliphatic heterocycles. The van der Waals surface area contributed by atoms with Crippen LogP contribution in [-0.2, 0) is 20.7 Å². The third kappa shape index (κ3) is 2.06. The second-order valence-electron chi connectivity index (χ2n) is 8.86. The van der Waals surface area contributed by atoms with Crippen LogP contribution in [0.2, 0.25) is 0 Å². The summed E-state index contributed by atoms with van der Waals surface area (Å²) in [5.74, 6) is 1.01. The van der Waals surface area contributed by atoms with E-state index in [9.17, 15) is 4.79 Å². The summed E-state index contributed by atoms with van der Waals surface area (Å²) in [5, 5.41) is 0. The summed E-state index contributed by atoms with van der Waals surface area (Å²) in [6.45, 7) is 5.95. The molecule has 138 valence electrons. The fraction of sp³-hybridized carbons (Fsp3) is 0.591. The van der Waals surface area contributed by atoms with Gasteiger partial charge in [-0.3, -0.25) is 4.79 Å². The molecule has 0 N–H and O–H groups in total. The highest BCUT2D eigenvalue weighted by molar-refractivity contribution is 5.94. The van der Waals surface area contributed by atoms with Gasteiger partial charge in [0.25, 0.3) is 0 Å². The summed E-state index contributed by atoms with van der Waals surface area (Å²) < 4.78 is 17.7. The highest BCUT2D eigenvalue weighted by atomic mass is 16.8. The number of rotatable bonds is 1. The first-order valence-electron chi connectivity index (χ1n) is 9.61. The lowest BCUT2D eigenvalue weighted by Gasteiger charge is -2.45. The van der Waals surface area contributed by atoms with Gasteiger partial charge in [0.1, 0.15) is 11.9 Å². The maximum Gasteiger partial charge on any atom is 0.170 e. The molecule has 1 saturated heterocycles. The third-order valence-corrected chi connectivity index (χ3v) is 6.97. The Labute approximate surface area is 154 Å². The van der Waals surface area contributed by atoms with Gasteiger partial charge in [-0.05, 0) is 67.9 Å². The van der Waals surface area contributed by atoms with Crippen LogP contribution in [0, 0.1) is 17.3 Å². The van der Waals surface area contributed by atoms with E-state index in [0.29, 0.717) is 5.92 Å². The van der Waals surface area contributed by atoms with Crippen LogP contribution in [-0.4, -0.2) is 30.9 Å². The van der Waals surface area contributed by atoms with E-state index < -0.39 is 11.9 Å². The molecule has 1 heterocycles. The van der Waals surface area contributed by atoms with Gasteiger partial charge >= 0.3 is 0 Å². The van der Waals surface area contributed by atoms with Gasteiger partial charge in [0.15, 0.2) is 11.6 Å². The van der Waals surface area contributed by atoms with Crippen molar-refractivity contribution >= 4 is 11.4 Å². The van der Waals surface area contributed by atoms with Crippen molar-refractivity contribution in [2.45, 2.75) is 58.0 Å². The Bertz CT molecular complexity index is 823. The molecule has 0 aromatic heterocycles. The first-order valence-corrected chi connectivity index (χ1v) is 9.61. The molecule has 0 amide bonds. The number of ether oxygens (including phenoxy) is 3. The van der Waals surface area contributed by atoms with Gasteiger partial charge in [0, 0.05) is 11.3 Å². The molecule has 3 aliphatic carbocycles. The van der Waals surface area contributed by atoms with Gasteiger partial charge in [0.2, 0.25) is 0 Å². The number of methoxy groups -OCH3 is 1. The lowest BCUT2D eigenvalue weighted by molar-refractivity contribution is -0.175. The van der Waals surface area contributed by atoms with E-state index in [1.807, 2.05) is 19.9 Å². The quantitative estimate of drug-likeness (QED) is 0.770. The molecule has 5 atom stereocenters. The average Bonchev–Trinajstić information content (AvgIpc) is 3.03. The molecule has 1 saturated carbocycles. The minimum absolute atomic E-state index is 0.129. The Morgan fingerprint density at radius 3 is 2.77 bits per heavy atom. The van der Waals surface area contributed by atoms with E-state index in [2.05, 4.69) is 25.1 Å². The molecule has 4 heteroatoms. The number of allylic oxidation sites excluding steroid dienone is 2. The molecule has 0 spiro atoms. The fourth-order valence-electron chi connectivity index (χ4n) is 5.82. The molecule has 0 radical (unpaired) electrons. The first-order chi connectivity index (χ1) is 12.3. The molecule has 1 aromatic carbocycles. The number of hydrogen-bond acceptors (Lipinski definition) is 4. The van der Waals surface area contributed by atoms with E-state index in [4.69, 9.17) is 14.2 Å². The van der Waals surface area contributed by atoms with E-state index in [1.165, 1.54) is 16.7 Å². The van der Waals surface area contributed by atoms with Crippen LogP contribution >= 0.6 is 0 Å². The van der Waals surface area contributed by atoms with Crippen molar-refractivity contribution in [2.24, 2.45) is 17.3 Å². The van der Waals surface area contributed by atoms with Crippen molar-refractivity contribution in [1.29, 1.82) is 0 Å². The van der Waals surface area contributed by atoms with Crippen LogP contribution in [0.4, 0.5) is 0 Å². The number of ketones is 1. The van der Waals surface area contributed by atoms with Crippen molar-refractivity contribution in [3.05, 3.63) is 35.4 Å². The van der Waals surface area contributed by atoms with Gasteiger partial charge in [-0.2, -0.15) is 0 Å². The number of aryl methyl sites for hydroxylation is 1. The molecule has 0 unspecified atom stereocenters. The van der Waals surface area contributed by atoms with Gasteiger partial charge in [0.05, 0.1) is 13.2 Å². The van der Waals surface area contributed by atoms with Gasteiger partial charge in [-0.15, -0.1) is 0 Å². The molecule has 1 aromatic rings. The lowest BCUT2D eigenvalue weighted by Crippen LogP contribution is -2.43. The minimum atomic E-state index is -0.673. The zero-order chi connectivity index (χ0) is 18.3. The zero-order valence-corrected chi connectivity index (χ0v) is 15.9. The molecular weight excluding hydrogens is 328 g/mol. The largest absolute Gasteiger partial charge is 0.497 e. The van der Waals surface area contributed by atoms with Crippen molar-refractivity contribution in [3.8, 4) is 5.75 Å². The van der Waals surface area contributed by atoms with Gasteiger partial charge < -0.3 is 14.2 Å². The molecule has 26 heavy (non-hydrogen) atoms. The predicted molar refractivity (Wildman–Crippen MR) is 97.8 cm³/mol. The van der Waals surface area contributed by atoms with E-state index >= 15 is 0 Å². The highest BCUT2D eigenvalue weighted by Gasteiger charge is 2.66. The second-order valence-corrected chi connectivity index (χ2v) is 8.86. The van der Waals surface area contributed by atoms with Crippen molar-refractivity contribution in [1.82, 2.24) is 0 Å². The minimum Gasteiger partial charge on any atom is -0.497 e. The van der Waals surface area contributed by atoms with E-state index in [1.54, 1.807) is 7.11 Å². The molecule has 4 aliphatic rings. The summed E-state index contributed by atoms with van der Waals surface area (Å²) in [6.07, 6.45) is 4.59. The number of hydrogen-bond donors (Lipinski definition) is 0. The van der Waals surface area contributed by atoms with Crippen LogP contribution in [0.15, 0.2) is 24.3 Å². The lowest BCUT2D eigenvalue weighted by atomic mass is 9.59. The number of carbonyl (C=O) groups excluding carboxylic acids is 1. The van der Waals surface area contributed by atoms with Crippen molar-refractivity contribution in [3.63, 3.8) is 0 Å². The van der Waals surface area contributed by atoms with Crippen LogP contribution < -0.4 is 4.74 Å². The fourth-order valence-corrected chi connectivity index (χ4v) is 5.82. The smallest absolute Gasteiger partial charge is 0.170 e. The molecule has 5 rings (SSSR count). The first kappa shape index (κ1) is 16.5. The maximum atomic E-state index is 13.2. The SMILES string of the molecule is COc1ccc2c(c1)CC[C@@H]1C2=CC[C@]2(C)C(=O)[C@H]3OC(C)(C)O[C@H]3[C@H]12. The Kier molecular flexibility index (Phi) is 3.31. The Hall–Kier alpha value is -1.65. The van der Waals surface area contributed by atoms with Crippen LogP contribution in [0.5, 0.6) is 5.75 Å². The Balaban J connectivity index is 1.58. The van der Waals surface area contributed by atoms with Crippen molar-refractivity contribution in [2.75, 3.05) is 7.11 Å². The maximum absolute atomic E-state index is 13.2. The van der Waals surface area contributed by atoms with Crippen LogP contribution in [0.25, 0.3) is 5.57 Å². The zero-order valence-electron chi connectivity index (χ0n) is 15.9. The standard InChI is InChI=1S/C22H26O4/c1-21(2)25-18-17-16-7-5-12-11-13(24-4)6-8-14(12)15(16)9-10-22(17,3)20(23)19(18)26-21/h6,8-9,11,16-19H,5,7,10H2,1-4H3/t16-,17+,18+,19+,22+/m1/s1. The molecule has 4 nitrogen and oxygen atoms in total. The van der Waals surface area contributed by atoms with Crippen LogP contribution in [0.1, 0.15) is 44.7 Å². The normalized spacial score (nSPS) is 39.5. The Morgan fingerprint density at radius 2 is 2.00 bits per heavy atom. The summed E-state index contributed by atoms with van der Waals surface area (Å²) in [7, 11) is 1.71. The molecule has 0 bridgehead atoms. The molecule has 2 fully saturated rings. The second kappa shape index (κ2) is 5.20. The summed E-state index contributed by atoms with van der Waals surface area (Å²) in [4.78, 5) is 13.2. The summed E-state index contributed by atoms with van der Waals surface area (Å²) in [6, 6.07) is 6.37. The average molecular weight is 354 g/mol. The van der Waals surface area contributed by atoms with Gasteiger partial charge in [-0.1, -0.05) is 19.1 Å². The number of Topliss-reactive ketones (excluding diaryl/α,β-unsaturated/α-hetero) is 1. The topological polar surface area (TPSA) is 44.8 Å². The van der Waals surface area contributed by atoms with Crippen molar-refractivity contribution < 1.29 is 19.0 Å².